The maximum atomic E-state index is 12.2. The van der Waals surface area contributed by atoms with E-state index in [-0.39, 0.29) is 6.42 Å². The Balaban J connectivity index is 2.11. The van der Waals surface area contributed by atoms with Gasteiger partial charge in [-0.25, -0.2) is 4.79 Å². The fourth-order valence-corrected chi connectivity index (χ4v) is 2.56. The smallest absolute Gasteiger partial charge is 0.326 e. The summed E-state index contributed by atoms with van der Waals surface area (Å²) in [6, 6.07) is 9.89. The number of halogens is 1. The van der Waals surface area contributed by atoms with Crippen LogP contribution in [0.1, 0.15) is 16.1 Å². The van der Waals surface area contributed by atoms with Gasteiger partial charge in [-0.1, -0.05) is 30.3 Å². The number of hydrogen-bond acceptors (Lipinski definition) is 2. The average molecular weight is 351 g/mol. The first-order valence-corrected chi connectivity index (χ1v) is 7.16. The Morgan fingerprint density at radius 2 is 2.00 bits per heavy atom. The Kier molecular flexibility index (Phi) is 4.80. The third kappa shape index (κ3) is 3.95. The number of aliphatic carboxylic acids is 1. The zero-order chi connectivity index (χ0) is 15.4. The largest absolute Gasteiger partial charge is 0.480 e. The van der Waals surface area contributed by atoms with Gasteiger partial charge >= 0.3 is 5.97 Å². The summed E-state index contributed by atoms with van der Waals surface area (Å²) in [7, 11) is 1.73. The number of carbonyl (C=O) groups is 2. The first-order chi connectivity index (χ1) is 9.97. The number of hydrogen-bond donors (Lipinski definition) is 2. The number of nitrogens with zero attached hydrogens (tertiary/aromatic N) is 1. The maximum Gasteiger partial charge on any atom is 0.326 e. The summed E-state index contributed by atoms with van der Waals surface area (Å²) in [5.41, 5.74) is 1.26. The Morgan fingerprint density at radius 3 is 2.52 bits per heavy atom. The second kappa shape index (κ2) is 6.58. The Labute approximate surface area is 130 Å². The lowest BCUT2D eigenvalue weighted by Crippen LogP contribution is -2.42. The molecule has 0 saturated carbocycles. The van der Waals surface area contributed by atoms with Crippen molar-refractivity contribution in [3.05, 3.63) is 58.3 Å². The third-order valence-electron chi connectivity index (χ3n) is 3.09. The number of carbonyl (C=O) groups excluding carboxylic acids is 1. The summed E-state index contributed by atoms with van der Waals surface area (Å²) < 4.78 is 2.41. The van der Waals surface area contributed by atoms with Crippen molar-refractivity contribution in [1.82, 2.24) is 9.88 Å². The van der Waals surface area contributed by atoms with Crippen LogP contribution in [0.25, 0.3) is 0 Å². The van der Waals surface area contributed by atoms with Crippen LogP contribution in [0, 0.1) is 0 Å². The molecule has 0 radical (unpaired) electrons. The van der Waals surface area contributed by atoms with Crippen LogP contribution in [0.4, 0.5) is 0 Å². The van der Waals surface area contributed by atoms with E-state index >= 15 is 0 Å². The Morgan fingerprint density at radius 1 is 1.33 bits per heavy atom. The summed E-state index contributed by atoms with van der Waals surface area (Å²) in [5.74, 6) is -1.47. The van der Waals surface area contributed by atoms with Crippen molar-refractivity contribution in [3.8, 4) is 0 Å². The highest BCUT2D eigenvalue weighted by atomic mass is 79.9. The molecular weight excluding hydrogens is 336 g/mol. The van der Waals surface area contributed by atoms with Crippen molar-refractivity contribution in [1.29, 1.82) is 0 Å². The lowest BCUT2D eigenvalue weighted by Gasteiger charge is -2.15. The van der Waals surface area contributed by atoms with Crippen LogP contribution >= 0.6 is 15.9 Å². The zero-order valence-corrected chi connectivity index (χ0v) is 13.0. The van der Waals surface area contributed by atoms with Crippen molar-refractivity contribution in [2.45, 2.75) is 12.5 Å². The van der Waals surface area contributed by atoms with Gasteiger partial charge in [-0.05, 0) is 27.6 Å². The van der Waals surface area contributed by atoms with Crippen LogP contribution in [0.2, 0.25) is 0 Å². The highest BCUT2D eigenvalue weighted by Gasteiger charge is 2.22. The predicted octanol–water partition coefficient (Wildman–Crippen LogP) is 2.21. The Hall–Kier alpha value is -2.08. The van der Waals surface area contributed by atoms with Crippen LogP contribution in [0.3, 0.4) is 0 Å². The molecule has 0 spiro atoms. The number of carboxylic acids is 1. The number of benzene rings is 1. The number of rotatable bonds is 5. The van der Waals surface area contributed by atoms with Gasteiger partial charge in [0.05, 0.1) is 0 Å². The van der Waals surface area contributed by atoms with E-state index < -0.39 is 17.9 Å². The quantitative estimate of drug-likeness (QED) is 0.868. The number of nitrogens with one attached hydrogen (secondary N) is 1. The summed E-state index contributed by atoms with van der Waals surface area (Å²) in [6.45, 7) is 0. The minimum Gasteiger partial charge on any atom is -0.480 e. The zero-order valence-electron chi connectivity index (χ0n) is 11.4. The minimum atomic E-state index is -1.06. The SMILES string of the molecule is Cn1cc(Br)cc1C(=O)NC(Cc1ccccc1)C(=O)O. The van der Waals surface area contributed by atoms with E-state index in [9.17, 15) is 14.7 Å². The molecule has 0 aliphatic rings. The lowest BCUT2D eigenvalue weighted by molar-refractivity contribution is -0.139. The fourth-order valence-electron chi connectivity index (χ4n) is 2.03. The lowest BCUT2D eigenvalue weighted by atomic mass is 10.1. The molecule has 1 atom stereocenters. The molecule has 110 valence electrons. The molecule has 1 heterocycles. The number of amides is 1. The molecule has 5 nitrogen and oxygen atoms in total. The molecule has 0 aliphatic heterocycles. The van der Waals surface area contributed by atoms with Gasteiger partial charge in [-0.15, -0.1) is 0 Å². The van der Waals surface area contributed by atoms with Crippen molar-refractivity contribution in [2.75, 3.05) is 0 Å². The van der Waals surface area contributed by atoms with Gasteiger partial charge in [0.2, 0.25) is 0 Å². The van der Waals surface area contributed by atoms with Crippen LogP contribution in [0.15, 0.2) is 47.1 Å². The summed E-state index contributed by atoms with van der Waals surface area (Å²) in [5, 5.41) is 11.8. The predicted molar refractivity (Wildman–Crippen MR) is 82.1 cm³/mol. The van der Waals surface area contributed by atoms with E-state index in [0.29, 0.717) is 5.69 Å². The van der Waals surface area contributed by atoms with E-state index in [0.717, 1.165) is 10.0 Å². The van der Waals surface area contributed by atoms with Gasteiger partial charge in [0, 0.05) is 24.1 Å². The molecule has 0 saturated heterocycles. The van der Waals surface area contributed by atoms with E-state index in [1.165, 1.54) is 0 Å². The van der Waals surface area contributed by atoms with E-state index in [2.05, 4.69) is 21.2 Å². The van der Waals surface area contributed by atoms with Crippen LogP contribution in [0.5, 0.6) is 0 Å². The molecule has 6 heteroatoms. The van der Waals surface area contributed by atoms with Crippen LogP contribution in [-0.2, 0) is 18.3 Å². The first kappa shape index (κ1) is 15.3. The number of aromatic nitrogens is 1. The van der Waals surface area contributed by atoms with E-state index in [4.69, 9.17) is 0 Å². The molecule has 2 N–H and O–H groups in total. The molecule has 21 heavy (non-hydrogen) atoms. The Bertz CT molecular complexity index is 652. The second-order valence-corrected chi connectivity index (χ2v) is 5.62. The number of carboxylic acid groups (broad SMARTS) is 1. The molecule has 0 bridgehead atoms. The molecule has 1 unspecified atom stereocenters. The standard InChI is InChI=1S/C15H15BrN2O3/c1-18-9-11(16)8-13(18)14(19)17-12(15(20)21)7-10-5-3-2-4-6-10/h2-6,8-9,12H,7H2,1H3,(H,17,19)(H,20,21). The molecule has 0 aliphatic carbocycles. The molecule has 1 amide bonds. The topological polar surface area (TPSA) is 71.3 Å². The third-order valence-corrected chi connectivity index (χ3v) is 3.52. The summed E-state index contributed by atoms with van der Waals surface area (Å²) in [4.78, 5) is 23.5. The molecular formula is C15H15BrN2O3. The molecule has 2 aromatic rings. The van der Waals surface area contributed by atoms with Gasteiger partial charge in [0.15, 0.2) is 0 Å². The van der Waals surface area contributed by atoms with Crippen molar-refractivity contribution < 1.29 is 14.7 Å². The van der Waals surface area contributed by atoms with Gasteiger partial charge in [0.25, 0.3) is 5.91 Å². The highest BCUT2D eigenvalue weighted by molar-refractivity contribution is 9.10. The van der Waals surface area contributed by atoms with Gasteiger partial charge in [-0.2, -0.15) is 0 Å². The fraction of sp³-hybridized carbons (Fsp3) is 0.200. The van der Waals surface area contributed by atoms with Crippen LogP contribution < -0.4 is 5.32 Å². The van der Waals surface area contributed by atoms with Crippen molar-refractivity contribution >= 4 is 27.8 Å². The monoisotopic (exact) mass is 350 g/mol. The van der Waals surface area contributed by atoms with Crippen molar-refractivity contribution in [2.24, 2.45) is 7.05 Å². The van der Waals surface area contributed by atoms with E-state index in [1.807, 2.05) is 30.3 Å². The van der Waals surface area contributed by atoms with Crippen LogP contribution in [-0.4, -0.2) is 27.6 Å². The average Bonchev–Trinajstić information content (AvgIpc) is 2.78. The van der Waals surface area contributed by atoms with Gasteiger partial charge < -0.3 is 15.0 Å². The molecule has 1 aromatic carbocycles. The first-order valence-electron chi connectivity index (χ1n) is 6.37. The van der Waals surface area contributed by atoms with Crippen molar-refractivity contribution in [3.63, 3.8) is 0 Å². The second-order valence-electron chi connectivity index (χ2n) is 4.71. The highest BCUT2D eigenvalue weighted by Crippen LogP contribution is 2.14. The normalized spacial score (nSPS) is 11.9. The minimum absolute atomic E-state index is 0.244. The molecule has 1 aromatic heterocycles. The maximum absolute atomic E-state index is 12.2. The molecule has 0 fully saturated rings. The molecule has 2 rings (SSSR count). The van der Waals surface area contributed by atoms with E-state index in [1.54, 1.807) is 23.9 Å². The summed E-state index contributed by atoms with van der Waals surface area (Å²) >= 11 is 3.28. The summed E-state index contributed by atoms with van der Waals surface area (Å²) in [6.07, 6.45) is 1.98. The van der Waals surface area contributed by atoms with Gasteiger partial charge in [0.1, 0.15) is 11.7 Å². The number of aryl methyl sites for hydroxylation is 1. The van der Waals surface area contributed by atoms with Gasteiger partial charge in [-0.3, -0.25) is 4.79 Å².